The maximum atomic E-state index is 13.4. The van der Waals surface area contributed by atoms with E-state index in [1.165, 1.54) is 12.1 Å². The van der Waals surface area contributed by atoms with Crippen molar-refractivity contribution in [2.75, 3.05) is 18.4 Å². The number of likely N-dealkylation sites (tertiary alicyclic amines) is 1. The molecule has 2 aromatic heterocycles. The summed E-state index contributed by atoms with van der Waals surface area (Å²) in [6.07, 6.45) is 2.49. The van der Waals surface area contributed by atoms with Gasteiger partial charge in [0, 0.05) is 48.0 Å². The number of carbonyl (C=O) groups is 1. The molecule has 142 valence electrons. The Kier molecular flexibility index (Phi) is 5.02. The molecule has 1 aromatic carbocycles. The number of halogens is 1. The minimum Gasteiger partial charge on any atom is -0.355 e. The average Bonchev–Trinajstić information content (AvgIpc) is 3.18. The van der Waals surface area contributed by atoms with E-state index in [0.29, 0.717) is 24.5 Å². The van der Waals surface area contributed by atoms with Crippen LogP contribution in [0.25, 0.3) is 0 Å². The number of rotatable bonds is 4. The SMILES string of the molecule is Cc1cc(Nc2cccc(F)c2)cc([C@@H]2CCN(C(=O)c3ccccn3)C2)n1. The lowest BCUT2D eigenvalue weighted by Gasteiger charge is -2.17. The summed E-state index contributed by atoms with van der Waals surface area (Å²) in [7, 11) is 0. The summed E-state index contributed by atoms with van der Waals surface area (Å²) in [4.78, 5) is 23.3. The van der Waals surface area contributed by atoms with Crippen LogP contribution in [0.1, 0.15) is 34.2 Å². The van der Waals surface area contributed by atoms with Crippen molar-refractivity contribution in [3.8, 4) is 0 Å². The molecule has 0 bridgehead atoms. The predicted octanol–water partition coefficient (Wildman–Crippen LogP) is 4.30. The third-order valence-electron chi connectivity index (χ3n) is 4.86. The van der Waals surface area contributed by atoms with E-state index in [9.17, 15) is 9.18 Å². The Hall–Kier alpha value is -3.28. The zero-order valence-electron chi connectivity index (χ0n) is 15.6. The van der Waals surface area contributed by atoms with E-state index >= 15 is 0 Å². The van der Waals surface area contributed by atoms with Crippen LogP contribution in [0, 0.1) is 12.7 Å². The molecule has 28 heavy (non-hydrogen) atoms. The first-order valence-corrected chi connectivity index (χ1v) is 9.30. The van der Waals surface area contributed by atoms with Crippen molar-refractivity contribution in [1.29, 1.82) is 0 Å². The lowest BCUT2D eigenvalue weighted by molar-refractivity contribution is 0.0785. The lowest BCUT2D eigenvalue weighted by atomic mass is 10.0. The van der Waals surface area contributed by atoms with Crippen molar-refractivity contribution in [2.45, 2.75) is 19.3 Å². The first kappa shape index (κ1) is 18.1. The molecule has 1 saturated heterocycles. The number of aryl methyl sites for hydroxylation is 1. The molecule has 3 aromatic rings. The molecule has 1 atom stereocenters. The molecule has 3 heterocycles. The standard InChI is InChI=1S/C22H21FN4O/c1-15-11-19(26-18-6-4-5-17(23)12-18)13-21(25-15)16-8-10-27(14-16)22(28)20-7-2-3-9-24-20/h2-7,9,11-13,16H,8,10,14H2,1H3,(H,25,26)/t16-/m1/s1. The van der Waals surface area contributed by atoms with Crippen molar-refractivity contribution in [2.24, 2.45) is 0 Å². The maximum absolute atomic E-state index is 13.4. The molecular weight excluding hydrogens is 355 g/mol. The van der Waals surface area contributed by atoms with Crippen LogP contribution in [0.15, 0.2) is 60.8 Å². The second-order valence-corrected chi connectivity index (χ2v) is 7.01. The lowest BCUT2D eigenvalue weighted by Crippen LogP contribution is -2.29. The van der Waals surface area contributed by atoms with E-state index in [-0.39, 0.29) is 17.6 Å². The average molecular weight is 376 g/mol. The number of aromatic nitrogens is 2. The van der Waals surface area contributed by atoms with Crippen LogP contribution in [-0.4, -0.2) is 33.9 Å². The van der Waals surface area contributed by atoms with Gasteiger partial charge in [0.05, 0.1) is 0 Å². The number of anilines is 2. The monoisotopic (exact) mass is 376 g/mol. The molecule has 5 nitrogen and oxygen atoms in total. The molecule has 4 rings (SSSR count). The van der Waals surface area contributed by atoms with E-state index < -0.39 is 0 Å². The number of pyridine rings is 2. The molecule has 0 radical (unpaired) electrons. The van der Waals surface area contributed by atoms with Gasteiger partial charge in [0.1, 0.15) is 11.5 Å². The highest BCUT2D eigenvalue weighted by Crippen LogP contribution is 2.29. The van der Waals surface area contributed by atoms with Gasteiger partial charge in [0.2, 0.25) is 0 Å². The molecule has 1 aliphatic rings. The summed E-state index contributed by atoms with van der Waals surface area (Å²) in [5, 5.41) is 3.24. The van der Waals surface area contributed by atoms with Crippen LogP contribution in [-0.2, 0) is 0 Å². The third-order valence-corrected chi connectivity index (χ3v) is 4.86. The summed E-state index contributed by atoms with van der Waals surface area (Å²) in [5.41, 5.74) is 3.84. The number of nitrogens with zero attached hydrogens (tertiary/aromatic N) is 3. The van der Waals surface area contributed by atoms with Crippen molar-refractivity contribution < 1.29 is 9.18 Å². The maximum Gasteiger partial charge on any atom is 0.272 e. The van der Waals surface area contributed by atoms with Crippen LogP contribution in [0.5, 0.6) is 0 Å². The number of amides is 1. The van der Waals surface area contributed by atoms with E-state index in [1.807, 2.05) is 36.1 Å². The largest absolute Gasteiger partial charge is 0.355 e. The molecule has 0 spiro atoms. The van der Waals surface area contributed by atoms with E-state index in [4.69, 9.17) is 0 Å². The zero-order valence-corrected chi connectivity index (χ0v) is 15.6. The van der Waals surface area contributed by atoms with Gasteiger partial charge in [-0.05, 0) is 55.8 Å². The minimum atomic E-state index is -0.282. The van der Waals surface area contributed by atoms with Crippen molar-refractivity contribution in [3.63, 3.8) is 0 Å². The molecule has 1 N–H and O–H groups in total. The van der Waals surface area contributed by atoms with Gasteiger partial charge in [-0.25, -0.2) is 4.39 Å². The molecule has 0 saturated carbocycles. The highest BCUT2D eigenvalue weighted by Gasteiger charge is 2.29. The van der Waals surface area contributed by atoms with Crippen LogP contribution >= 0.6 is 0 Å². The Morgan fingerprint density at radius 3 is 2.82 bits per heavy atom. The number of hydrogen-bond acceptors (Lipinski definition) is 4. The van der Waals surface area contributed by atoms with Crippen LogP contribution in [0.3, 0.4) is 0 Å². The summed E-state index contributed by atoms with van der Waals surface area (Å²) < 4.78 is 13.4. The fraction of sp³-hybridized carbons (Fsp3) is 0.227. The second-order valence-electron chi connectivity index (χ2n) is 7.01. The van der Waals surface area contributed by atoms with Gasteiger partial charge in [-0.2, -0.15) is 0 Å². The van der Waals surface area contributed by atoms with Gasteiger partial charge >= 0.3 is 0 Å². The van der Waals surface area contributed by atoms with Gasteiger partial charge < -0.3 is 10.2 Å². The van der Waals surface area contributed by atoms with Gasteiger partial charge in [0.25, 0.3) is 5.91 Å². The fourth-order valence-corrected chi connectivity index (χ4v) is 3.55. The minimum absolute atomic E-state index is 0.0473. The molecule has 1 fully saturated rings. The fourth-order valence-electron chi connectivity index (χ4n) is 3.55. The Morgan fingerprint density at radius 1 is 1.14 bits per heavy atom. The molecular formula is C22H21FN4O. The first-order valence-electron chi connectivity index (χ1n) is 9.30. The van der Waals surface area contributed by atoms with Crippen molar-refractivity contribution in [1.82, 2.24) is 14.9 Å². The number of carbonyl (C=O) groups excluding carboxylic acids is 1. The van der Waals surface area contributed by atoms with Gasteiger partial charge in [-0.15, -0.1) is 0 Å². The van der Waals surface area contributed by atoms with Crippen LogP contribution in [0.2, 0.25) is 0 Å². The van der Waals surface area contributed by atoms with Gasteiger partial charge in [0.15, 0.2) is 0 Å². The van der Waals surface area contributed by atoms with E-state index in [0.717, 1.165) is 23.5 Å². The Labute approximate surface area is 163 Å². The third kappa shape index (κ3) is 4.01. The smallest absolute Gasteiger partial charge is 0.272 e. The molecule has 0 unspecified atom stereocenters. The Morgan fingerprint density at radius 2 is 2.04 bits per heavy atom. The summed E-state index contributed by atoms with van der Waals surface area (Å²) in [6.45, 7) is 3.24. The van der Waals surface area contributed by atoms with E-state index in [1.54, 1.807) is 24.4 Å². The van der Waals surface area contributed by atoms with Crippen LogP contribution < -0.4 is 5.32 Å². The highest BCUT2D eigenvalue weighted by molar-refractivity contribution is 5.92. The van der Waals surface area contributed by atoms with Gasteiger partial charge in [-0.1, -0.05) is 12.1 Å². The first-order chi connectivity index (χ1) is 13.6. The summed E-state index contributed by atoms with van der Waals surface area (Å²) in [6, 6.07) is 15.6. The topological polar surface area (TPSA) is 58.1 Å². The van der Waals surface area contributed by atoms with Crippen molar-refractivity contribution >= 4 is 17.3 Å². The quantitative estimate of drug-likeness (QED) is 0.738. The zero-order chi connectivity index (χ0) is 19.5. The van der Waals surface area contributed by atoms with Crippen molar-refractivity contribution in [3.05, 3.63) is 83.7 Å². The molecule has 6 heteroatoms. The number of benzene rings is 1. The highest BCUT2D eigenvalue weighted by atomic mass is 19.1. The Bertz CT molecular complexity index is 993. The normalized spacial score (nSPS) is 16.2. The summed E-state index contributed by atoms with van der Waals surface area (Å²) >= 11 is 0. The van der Waals surface area contributed by atoms with Crippen LogP contribution in [0.4, 0.5) is 15.8 Å². The number of nitrogens with one attached hydrogen (secondary N) is 1. The molecule has 1 amide bonds. The Balaban J connectivity index is 1.50. The predicted molar refractivity (Wildman–Crippen MR) is 106 cm³/mol. The number of hydrogen-bond donors (Lipinski definition) is 1. The van der Waals surface area contributed by atoms with Gasteiger partial charge in [-0.3, -0.25) is 14.8 Å². The second kappa shape index (κ2) is 7.76. The summed E-state index contributed by atoms with van der Waals surface area (Å²) in [5.74, 6) is -0.162. The molecule has 0 aliphatic carbocycles. The van der Waals surface area contributed by atoms with E-state index in [2.05, 4.69) is 15.3 Å². The molecule has 1 aliphatic heterocycles.